The van der Waals surface area contributed by atoms with Crippen molar-refractivity contribution in [1.29, 1.82) is 0 Å². The maximum absolute atomic E-state index is 13.9. The van der Waals surface area contributed by atoms with Gasteiger partial charge in [0.25, 0.3) is 0 Å². The second-order valence-corrected chi connectivity index (χ2v) is 6.14. The molecule has 0 unspecified atom stereocenters. The average Bonchev–Trinajstić information content (AvgIpc) is 3.13. The van der Waals surface area contributed by atoms with E-state index in [-0.39, 0.29) is 30.9 Å². The fourth-order valence-electron chi connectivity index (χ4n) is 2.66. The molecule has 0 saturated carbocycles. The van der Waals surface area contributed by atoms with Crippen LogP contribution in [0, 0.1) is 5.82 Å². The largest absolute Gasteiger partial charge is 0.416 e. The zero-order valence-corrected chi connectivity index (χ0v) is 14.6. The molecular formula is C20H16F4N2O2. The summed E-state index contributed by atoms with van der Waals surface area (Å²) in [6.45, 7) is 0.112. The maximum atomic E-state index is 13.9. The number of halogens is 4. The van der Waals surface area contributed by atoms with Crippen LogP contribution in [0.15, 0.2) is 59.3 Å². The van der Waals surface area contributed by atoms with Crippen molar-refractivity contribution in [3.63, 3.8) is 0 Å². The topological polar surface area (TPSA) is 55.1 Å². The lowest BCUT2D eigenvalue weighted by molar-refractivity contribution is -0.137. The Hall–Kier alpha value is -3.16. The van der Waals surface area contributed by atoms with Crippen LogP contribution in [-0.4, -0.2) is 11.1 Å². The molecule has 3 aromatic rings. The highest BCUT2D eigenvalue weighted by atomic mass is 19.4. The van der Waals surface area contributed by atoms with Crippen molar-refractivity contribution in [2.45, 2.75) is 25.6 Å². The van der Waals surface area contributed by atoms with Gasteiger partial charge in [0, 0.05) is 24.1 Å². The average molecular weight is 392 g/mol. The Morgan fingerprint density at radius 3 is 2.46 bits per heavy atom. The first-order valence-electron chi connectivity index (χ1n) is 8.45. The Labute approximate surface area is 158 Å². The normalized spacial score (nSPS) is 11.4. The van der Waals surface area contributed by atoms with Crippen molar-refractivity contribution >= 4 is 5.91 Å². The summed E-state index contributed by atoms with van der Waals surface area (Å²) in [6, 6.07) is 10.7. The highest BCUT2D eigenvalue weighted by Crippen LogP contribution is 2.29. The number of carbonyl (C=O) groups is 1. The summed E-state index contributed by atoms with van der Waals surface area (Å²) in [5, 5.41) is 6.45. The van der Waals surface area contributed by atoms with Gasteiger partial charge in [-0.05, 0) is 36.2 Å². The molecule has 0 aliphatic rings. The van der Waals surface area contributed by atoms with Crippen LogP contribution < -0.4 is 5.32 Å². The Morgan fingerprint density at radius 2 is 1.79 bits per heavy atom. The van der Waals surface area contributed by atoms with Crippen LogP contribution in [0.5, 0.6) is 0 Å². The maximum Gasteiger partial charge on any atom is 0.416 e. The summed E-state index contributed by atoms with van der Waals surface area (Å²) in [5.74, 6) is -0.731. The molecule has 0 aliphatic heterocycles. The minimum atomic E-state index is -4.39. The molecule has 1 heterocycles. The van der Waals surface area contributed by atoms with Crippen LogP contribution in [-0.2, 0) is 23.9 Å². The van der Waals surface area contributed by atoms with Crippen molar-refractivity contribution in [3.8, 4) is 11.3 Å². The number of carbonyl (C=O) groups excluding carboxylic acids is 1. The quantitative estimate of drug-likeness (QED) is 0.616. The summed E-state index contributed by atoms with van der Waals surface area (Å²) in [5.41, 5.74) is 1.04. The van der Waals surface area contributed by atoms with E-state index in [1.165, 1.54) is 24.5 Å². The molecule has 28 heavy (non-hydrogen) atoms. The smallest absolute Gasteiger partial charge is 0.364 e. The number of hydrogen-bond acceptors (Lipinski definition) is 3. The highest BCUT2D eigenvalue weighted by Gasteiger charge is 2.29. The number of benzene rings is 2. The van der Waals surface area contributed by atoms with Crippen molar-refractivity contribution in [1.82, 2.24) is 10.5 Å². The Balaban J connectivity index is 1.55. The number of amides is 1. The zero-order valence-electron chi connectivity index (χ0n) is 14.6. The molecule has 0 bridgehead atoms. The molecule has 0 fully saturated rings. The molecule has 3 rings (SSSR count). The molecule has 1 amide bonds. The predicted octanol–water partition coefficient (Wildman–Crippen LogP) is 4.75. The van der Waals surface area contributed by atoms with Gasteiger partial charge in [0.15, 0.2) is 0 Å². The Bertz CT molecular complexity index is 949. The lowest BCUT2D eigenvalue weighted by Gasteiger charge is -2.09. The van der Waals surface area contributed by atoms with E-state index in [9.17, 15) is 22.4 Å². The lowest BCUT2D eigenvalue weighted by Crippen LogP contribution is -2.23. The van der Waals surface area contributed by atoms with E-state index in [1.807, 2.05) is 0 Å². The number of nitrogens with zero attached hydrogens (tertiary/aromatic N) is 1. The van der Waals surface area contributed by atoms with Crippen molar-refractivity contribution < 1.29 is 26.9 Å². The molecule has 4 nitrogen and oxygen atoms in total. The number of aryl methyl sites for hydroxylation is 1. The zero-order chi connectivity index (χ0) is 20.1. The number of aromatic nitrogens is 1. The third kappa shape index (κ3) is 4.76. The van der Waals surface area contributed by atoms with Crippen molar-refractivity contribution in [3.05, 3.63) is 77.3 Å². The van der Waals surface area contributed by atoms with Gasteiger partial charge in [-0.3, -0.25) is 4.79 Å². The van der Waals surface area contributed by atoms with E-state index < -0.39 is 17.6 Å². The van der Waals surface area contributed by atoms with Gasteiger partial charge in [0.05, 0.1) is 5.56 Å². The molecule has 2 aromatic carbocycles. The SMILES string of the molecule is O=C(CCc1conc1-c1ccccc1F)NCc1ccc(C(F)(F)F)cc1. The number of alkyl halides is 3. The Morgan fingerprint density at radius 1 is 1.07 bits per heavy atom. The van der Waals surface area contributed by atoms with Crippen LogP contribution >= 0.6 is 0 Å². The van der Waals surface area contributed by atoms with Gasteiger partial charge in [0.1, 0.15) is 17.8 Å². The second-order valence-electron chi connectivity index (χ2n) is 6.14. The van der Waals surface area contributed by atoms with Crippen LogP contribution in [0.25, 0.3) is 11.3 Å². The molecule has 0 saturated heterocycles. The van der Waals surface area contributed by atoms with Crippen LogP contribution in [0.1, 0.15) is 23.1 Å². The van der Waals surface area contributed by atoms with Crippen molar-refractivity contribution in [2.24, 2.45) is 0 Å². The van der Waals surface area contributed by atoms with E-state index in [1.54, 1.807) is 18.2 Å². The first-order valence-corrected chi connectivity index (χ1v) is 8.45. The fraction of sp³-hybridized carbons (Fsp3) is 0.200. The Kier molecular flexibility index (Phi) is 5.77. The van der Waals surface area contributed by atoms with Crippen LogP contribution in [0.4, 0.5) is 17.6 Å². The standard InChI is InChI=1S/C20H16F4N2O2/c21-17-4-2-1-3-16(17)19-14(12-28-26-19)7-10-18(27)25-11-13-5-8-15(9-6-13)20(22,23)24/h1-6,8-9,12H,7,10-11H2,(H,25,27). The summed E-state index contributed by atoms with van der Waals surface area (Å²) in [7, 11) is 0. The molecular weight excluding hydrogens is 376 g/mol. The number of rotatable bonds is 6. The van der Waals surface area contributed by atoms with E-state index in [2.05, 4.69) is 10.5 Å². The molecule has 8 heteroatoms. The number of nitrogens with one attached hydrogen (secondary N) is 1. The molecule has 1 aromatic heterocycles. The van der Waals surface area contributed by atoms with E-state index in [0.29, 0.717) is 16.8 Å². The summed E-state index contributed by atoms with van der Waals surface area (Å²) < 4.78 is 56.5. The molecule has 0 spiro atoms. The first kappa shape index (κ1) is 19.6. The van der Waals surface area contributed by atoms with Crippen LogP contribution in [0.3, 0.4) is 0 Å². The molecule has 1 N–H and O–H groups in total. The van der Waals surface area contributed by atoms with E-state index >= 15 is 0 Å². The molecule has 0 radical (unpaired) electrons. The number of hydrogen-bond donors (Lipinski definition) is 1. The third-order valence-corrected chi connectivity index (χ3v) is 4.16. The molecule has 146 valence electrons. The van der Waals surface area contributed by atoms with Gasteiger partial charge >= 0.3 is 6.18 Å². The monoisotopic (exact) mass is 392 g/mol. The van der Waals surface area contributed by atoms with E-state index in [0.717, 1.165) is 12.1 Å². The minimum absolute atomic E-state index is 0.100. The first-order chi connectivity index (χ1) is 13.3. The van der Waals surface area contributed by atoms with Crippen LogP contribution in [0.2, 0.25) is 0 Å². The van der Waals surface area contributed by atoms with Gasteiger partial charge in [0.2, 0.25) is 5.91 Å². The summed E-state index contributed by atoms with van der Waals surface area (Å²) >= 11 is 0. The minimum Gasteiger partial charge on any atom is -0.364 e. The molecule has 0 aliphatic carbocycles. The lowest BCUT2D eigenvalue weighted by atomic mass is 10.0. The summed E-state index contributed by atoms with van der Waals surface area (Å²) in [6.07, 6.45) is -2.64. The fourth-order valence-corrected chi connectivity index (χ4v) is 2.66. The van der Waals surface area contributed by atoms with Crippen molar-refractivity contribution in [2.75, 3.05) is 0 Å². The molecule has 0 atom stereocenters. The van der Waals surface area contributed by atoms with Gasteiger partial charge in [-0.1, -0.05) is 29.4 Å². The highest BCUT2D eigenvalue weighted by molar-refractivity contribution is 5.76. The van der Waals surface area contributed by atoms with Gasteiger partial charge < -0.3 is 9.84 Å². The predicted molar refractivity (Wildman–Crippen MR) is 93.5 cm³/mol. The summed E-state index contributed by atoms with van der Waals surface area (Å²) in [4.78, 5) is 12.0. The van der Waals surface area contributed by atoms with Gasteiger partial charge in [-0.2, -0.15) is 13.2 Å². The third-order valence-electron chi connectivity index (χ3n) is 4.16. The van der Waals surface area contributed by atoms with Gasteiger partial charge in [-0.15, -0.1) is 0 Å². The second kappa shape index (κ2) is 8.24. The van der Waals surface area contributed by atoms with E-state index in [4.69, 9.17) is 4.52 Å². The van der Waals surface area contributed by atoms with Gasteiger partial charge in [-0.25, -0.2) is 4.39 Å².